The molecule has 0 bridgehead atoms. The van der Waals surface area contributed by atoms with Gasteiger partial charge < -0.3 is 10.6 Å². The summed E-state index contributed by atoms with van der Waals surface area (Å²) in [6.07, 6.45) is 4.02. The number of nitrogens with two attached hydrogens (primary N) is 1. The maximum atomic E-state index is 12.5. The second kappa shape index (κ2) is 5.70. The van der Waals surface area contributed by atoms with Crippen LogP contribution in [-0.2, 0) is 0 Å². The van der Waals surface area contributed by atoms with E-state index >= 15 is 0 Å². The fraction of sp³-hybridized carbons (Fsp3) is 0.600. The van der Waals surface area contributed by atoms with E-state index in [2.05, 4.69) is 4.98 Å². The van der Waals surface area contributed by atoms with Crippen molar-refractivity contribution in [2.75, 3.05) is 7.05 Å². The first kappa shape index (κ1) is 14.0. The molecule has 1 aliphatic rings. The molecule has 0 aromatic carbocycles. The predicted molar refractivity (Wildman–Crippen MR) is 76.0 cm³/mol. The molecule has 1 heterocycles. The van der Waals surface area contributed by atoms with Crippen molar-refractivity contribution in [1.29, 1.82) is 0 Å². The Labute approximate surface area is 115 Å². The molecular formula is C15H23N3O. The van der Waals surface area contributed by atoms with Crippen molar-refractivity contribution < 1.29 is 4.79 Å². The van der Waals surface area contributed by atoms with Crippen LogP contribution >= 0.6 is 0 Å². The number of rotatable bonds is 2. The molecule has 19 heavy (non-hydrogen) atoms. The number of aryl methyl sites for hydroxylation is 2. The van der Waals surface area contributed by atoms with Crippen LogP contribution in [0.4, 0.5) is 0 Å². The third-order valence-electron chi connectivity index (χ3n) is 4.06. The second-order valence-electron chi connectivity index (χ2n) is 5.57. The molecule has 104 valence electrons. The molecule has 0 unspecified atom stereocenters. The molecule has 1 fully saturated rings. The van der Waals surface area contributed by atoms with Crippen LogP contribution in [0.3, 0.4) is 0 Å². The molecule has 1 aliphatic carbocycles. The van der Waals surface area contributed by atoms with E-state index in [4.69, 9.17) is 5.73 Å². The van der Waals surface area contributed by atoms with Crippen molar-refractivity contribution in [2.45, 2.75) is 51.6 Å². The topological polar surface area (TPSA) is 59.2 Å². The van der Waals surface area contributed by atoms with Gasteiger partial charge in [0.15, 0.2) is 0 Å². The molecule has 0 atom stereocenters. The molecule has 0 saturated heterocycles. The van der Waals surface area contributed by atoms with Gasteiger partial charge in [0.1, 0.15) is 0 Å². The van der Waals surface area contributed by atoms with Crippen LogP contribution in [0.2, 0.25) is 0 Å². The van der Waals surface area contributed by atoms with E-state index in [1.165, 1.54) is 0 Å². The van der Waals surface area contributed by atoms with Gasteiger partial charge in [-0.15, -0.1) is 0 Å². The Hall–Kier alpha value is -1.42. The highest BCUT2D eigenvalue weighted by molar-refractivity contribution is 5.95. The van der Waals surface area contributed by atoms with Crippen LogP contribution in [0, 0.1) is 13.8 Å². The van der Waals surface area contributed by atoms with E-state index < -0.39 is 0 Å². The molecule has 1 aromatic heterocycles. The summed E-state index contributed by atoms with van der Waals surface area (Å²) in [6, 6.07) is 4.39. The van der Waals surface area contributed by atoms with Gasteiger partial charge in [-0.05, 0) is 51.7 Å². The Morgan fingerprint density at radius 1 is 1.26 bits per heavy atom. The number of hydrogen-bond acceptors (Lipinski definition) is 3. The average Bonchev–Trinajstić information content (AvgIpc) is 2.38. The van der Waals surface area contributed by atoms with Crippen molar-refractivity contribution in [1.82, 2.24) is 9.88 Å². The molecule has 4 heteroatoms. The summed E-state index contributed by atoms with van der Waals surface area (Å²) in [4.78, 5) is 18.7. The summed E-state index contributed by atoms with van der Waals surface area (Å²) >= 11 is 0. The molecular weight excluding hydrogens is 238 g/mol. The van der Waals surface area contributed by atoms with Crippen LogP contribution in [0.1, 0.15) is 47.4 Å². The van der Waals surface area contributed by atoms with Gasteiger partial charge >= 0.3 is 0 Å². The average molecular weight is 261 g/mol. The largest absolute Gasteiger partial charge is 0.339 e. The van der Waals surface area contributed by atoms with Gasteiger partial charge in [-0.2, -0.15) is 0 Å². The Balaban J connectivity index is 2.10. The second-order valence-corrected chi connectivity index (χ2v) is 5.57. The van der Waals surface area contributed by atoms with Gasteiger partial charge in [0.05, 0.1) is 11.3 Å². The molecule has 2 rings (SSSR count). The van der Waals surface area contributed by atoms with Crippen molar-refractivity contribution in [3.05, 3.63) is 29.1 Å². The summed E-state index contributed by atoms with van der Waals surface area (Å²) in [6.45, 7) is 3.83. The zero-order valence-electron chi connectivity index (χ0n) is 12.0. The lowest BCUT2D eigenvalue weighted by molar-refractivity contribution is 0.0688. The lowest BCUT2D eigenvalue weighted by Crippen LogP contribution is -2.42. The minimum absolute atomic E-state index is 0.0745. The quantitative estimate of drug-likeness (QED) is 0.886. The van der Waals surface area contributed by atoms with Crippen molar-refractivity contribution in [3.8, 4) is 0 Å². The van der Waals surface area contributed by atoms with Crippen molar-refractivity contribution in [2.24, 2.45) is 5.73 Å². The molecule has 4 nitrogen and oxygen atoms in total. The summed E-state index contributed by atoms with van der Waals surface area (Å²) in [5, 5.41) is 0. The van der Waals surface area contributed by atoms with Gasteiger partial charge in [0, 0.05) is 24.8 Å². The monoisotopic (exact) mass is 261 g/mol. The van der Waals surface area contributed by atoms with E-state index in [-0.39, 0.29) is 5.91 Å². The first-order valence-electron chi connectivity index (χ1n) is 6.96. The molecule has 2 N–H and O–H groups in total. The minimum Gasteiger partial charge on any atom is -0.339 e. The maximum Gasteiger partial charge on any atom is 0.255 e. The molecule has 1 amide bonds. The first-order valence-corrected chi connectivity index (χ1v) is 6.96. The minimum atomic E-state index is 0.0745. The molecule has 0 aliphatic heterocycles. The normalized spacial score (nSPS) is 23.2. The highest BCUT2D eigenvalue weighted by Crippen LogP contribution is 2.23. The third kappa shape index (κ3) is 3.13. The number of carbonyl (C=O) groups is 1. The zero-order valence-corrected chi connectivity index (χ0v) is 12.0. The van der Waals surface area contributed by atoms with Crippen LogP contribution < -0.4 is 5.73 Å². The zero-order chi connectivity index (χ0) is 14.0. The summed E-state index contributed by atoms with van der Waals surface area (Å²) in [5.74, 6) is 0.0745. The number of pyridine rings is 1. The van der Waals surface area contributed by atoms with Crippen LogP contribution in [0.5, 0.6) is 0 Å². The Bertz CT molecular complexity index is 464. The molecule has 0 radical (unpaired) electrons. The summed E-state index contributed by atoms with van der Waals surface area (Å²) < 4.78 is 0. The van der Waals surface area contributed by atoms with Crippen LogP contribution in [0.25, 0.3) is 0 Å². The Kier molecular flexibility index (Phi) is 4.20. The maximum absolute atomic E-state index is 12.5. The van der Waals surface area contributed by atoms with E-state index in [0.29, 0.717) is 17.6 Å². The Morgan fingerprint density at radius 3 is 2.47 bits per heavy atom. The lowest BCUT2D eigenvalue weighted by Gasteiger charge is -2.33. The molecule has 1 aromatic rings. The Morgan fingerprint density at radius 2 is 1.89 bits per heavy atom. The fourth-order valence-corrected chi connectivity index (χ4v) is 2.76. The van der Waals surface area contributed by atoms with Crippen LogP contribution in [-0.4, -0.2) is 34.9 Å². The van der Waals surface area contributed by atoms with E-state index in [1.807, 2.05) is 37.9 Å². The number of hydrogen-bond donors (Lipinski definition) is 1. The van der Waals surface area contributed by atoms with Crippen LogP contribution in [0.15, 0.2) is 12.1 Å². The summed E-state index contributed by atoms with van der Waals surface area (Å²) in [5.41, 5.74) is 8.38. The van der Waals surface area contributed by atoms with Gasteiger partial charge in [-0.1, -0.05) is 0 Å². The molecule has 0 spiro atoms. The van der Waals surface area contributed by atoms with Gasteiger partial charge in [0.25, 0.3) is 5.91 Å². The number of amides is 1. The van der Waals surface area contributed by atoms with Gasteiger partial charge in [-0.25, -0.2) is 0 Å². The predicted octanol–water partition coefficient (Wildman–Crippen LogP) is 2.04. The third-order valence-corrected chi connectivity index (χ3v) is 4.06. The summed E-state index contributed by atoms with van der Waals surface area (Å²) in [7, 11) is 1.89. The highest BCUT2D eigenvalue weighted by Gasteiger charge is 2.26. The highest BCUT2D eigenvalue weighted by atomic mass is 16.2. The fourth-order valence-electron chi connectivity index (χ4n) is 2.76. The van der Waals surface area contributed by atoms with E-state index in [0.717, 1.165) is 37.1 Å². The van der Waals surface area contributed by atoms with Crippen molar-refractivity contribution in [3.63, 3.8) is 0 Å². The van der Waals surface area contributed by atoms with Gasteiger partial charge in [0.2, 0.25) is 0 Å². The van der Waals surface area contributed by atoms with Gasteiger partial charge in [-0.3, -0.25) is 9.78 Å². The smallest absolute Gasteiger partial charge is 0.255 e. The number of nitrogens with zero attached hydrogens (tertiary/aromatic N) is 2. The first-order chi connectivity index (χ1) is 8.99. The standard InChI is InChI=1S/C15H23N3O/c1-10-4-9-14(11(2)17-10)15(19)18(3)13-7-5-12(16)6-8-13/h4,9,12-13H,5-8,16H2,1-3H3. The lowest BCUT2D eigenvalue weighted by atomic mass is 9.90. The molecule has 1 saturated carbocycles. The van der Waals surface area contributed by atoms with Crippen molar-refractivity contribution >= 4 is 5.91 Å². The van der Waals surface area contributed by atoms with E-state index in [1.54, 1.807) is 0 Å². The number of aromatic nitrogens is 1. The SMILES string of the molecule is Cc1ccc(C(=O)N(C)C2CCC(N)CC2)c(C)n1. The van der Waals surface area contributed by atoms with E-state index in [9.17, 15) is 4.79 Å². The number of carbonyl (C=O) groups excluding carboxylic acids is 1.